The molecule has 0 amide bonds. The van der Waals surface area contributed by atoms with E-state index in [1.807, 2.05) is 3.21 Å². The van der Waals surface area contributed by atoms with E-state index in [-0.39, 0.29) is 35.6 Å². The molecular formula is C34H43Cl2Zr. The Morgan fingerprint density at radius 3 is 2.00 bits per heavy atom. The fourth-order valence-corrected chi connectivity index (χ4v) is 11.0. The number of hydrogen-bond acceptors (Lipinski definition) is 0. The average molecular weight is 614 g/mol. The van der Waals surface area contributed by atoms with E-state index in [4.69, 9.17) is 0 Å². The van der Waals surface area contributed by atoms with Gasteiger partial charge in [0.2, 0.25) is 0 Å². The minimum atomic E-state index is -0.760. The topological polar surface area (TPSA) is 0 Å². The molecule has 1 atom stereocenters. The molecule has 3 heteroatoms. The number of benzene rings is 2. The number of allylic oxidation sites excluding steroid dienone is 4. The summed E-state index contributed by atoms with van der Waals surface area (Å²) in [5, 5.41) is 0. The molecule has 1 unspecified atom stereocenters. The molecule has 3 aliphatic carbocycles. The Bertz CT molecular complexity index is 1270. The van der Waals surface area contributed by atoms with Gasteiger partial charge in [-0.05, 0) is 0 Å². The molecule has 0 aromatic heterocycles. The van der Waals surface area contributed by atoms with Crippen LogP contribution in [0, 0.1) is 0 Å². The molecule has 2 aromatic carbocycles. The summed E-state index contributed by atoms with van der Waals surface area (Å²) in [6.45, 7) is 19.0. The maximum atomic E-state index is 2.62. The van der Waals surface area contributed by atoms with Crippen molar-refractivity contribution in [2.75, 3.05) is 0 Å². The van der Waals surface area contributed by atoms with Crippen LogP contribution in [0.1, 0.15) is 125 Å². The minimum absolute atomic E-state index is 0. The van der Waals surface area contributed by atoms with Gasteiger partial charge in [-0.2, -0.15) is 0 Å². The quantitative estimate of drug-likeness (QED) is 0.485. The van der Waals surface area contributed by atoms with Crippen LogP contribution in [0.15, 0.2) is 47.6 Å². The fourth-order valence-electron chi connectivity index (χ4n) is 6.34. The molecule has 0 nitrogen and oxygen atoms in total. The second-order valence-electron chi connectivity index (χ2n) is 13.2. The predicted molar refractivity (Wildman–Crippen MR) is 150 cm³/mol. The maximum absolute atomic E-state index is 2.62. The first-order valence-corrected chi connectivity index (χ1v) is 16.4. The summed E-state index contributed by atoms with van der Waals surface area (Å²) in [5.41, 5.74) is 16.0. The van der Waals surface area contributed by atoms with E-state index in [0.29, 0.717) is 3.63 Å². The molecule has 5 rings (SSSR count). The molecule has 0 bridgehead atoms. The summed E-state index contributed by atoms with van der Waals surface area (Å²) in [6.07, 6.45) is 10.6. The molecule has 0 heterocycles. The molecule has 1 saturated carbocycles. The standard InChI is InChI=1S/C28H33.C6H10.2ClH.Zr/c1-17-9-11-21(18(17)2)26-24-16-19-15-20(27(3,4)5)10-12-22(19)23(24)13-14-25(26)28(6,7)8;1-2-4-6-5-3-1;;;/h9-10,12-16H,11H2,1-8H3;1-5H2;2*1H;/q;;;;+2/p-2. The molecule has 0 saturated heterocycles. The van der Waals surface area contributed by atoms with Crippen LogP contribution in [0.25, 0.3) is 16.7 Å². The zero-order valence-electron chi connectivity index (χ0n) is 24.0. The summed E-state index contributed by atoms with van der Waals surface area (Å²) in [7, 11) is 0. The van der Waals surface area contributed by atoms with E-state index in [1.165, 1.54) is 59.9 Å². The zero-order valence-corrected chi connectivity index (χ0v) is 28.0. The van der Waals surface area contributed by atoms with Crippen molar-refractivity contribution < 1.29 is 47.6 Å². The van der Waals surface area contributed by atoms with Gasteiger partial charge in [0.15, 0.2) is 0 Å². The molecule has 0 aliphatic heterocycles. The summed E-state index contributed by atoms with van der Waals surface area (Å²) < 4.78 is 2.63. The molecular weight excluding hydrogens is 571 g/mol. The van der Waals surface area contributed by atoms with E-state index in [2.05, 4.69) is 91.8 Å². The molecule has 1 fully saturated rings. The van der Waals surface area contributed by atoms with Crippen molar-refractivity contribution in [2.24, 2.45) is 0 Å². The van der Waals surface area contributed by atoms with Gasteiger partial charge < -0.3 is 24.8 Å². The normalized spacial score (nSPS) is 19.0. The van der Waals surface area contributed by atoms with Crippen molar-refractivity contribution >= 4 is 8.78 Å². The second-order valence-corrected chi connectivity index (χ2v) is 17.1. The maximum Gasteiger partial charge on any atom is -1.00 e. The summed E-state index contributed by atoms with van der Waals surface area (Å²) in [6, 6.07) is 12.5. The van der Waals surface area contributed by atoms with Crippen LogP contribution < -0.4 is 24.8 Å². The largest absolute Gasteiger partial charge is 1.00 e. The van der Waals surface area contributed by atoms with E-state index in [0.717, 1.165) is 6.42 Å². The van der Waals surface area contributed by atoms with E-state index >= 15 is 0 Å². The van der Waals surface area contributed by atoms with Crippen LogP contribution in [0.5, 0.6) is 0 Å². The molecule has 37 heavy (non-hydrogen) atoms. The van der Waals surface area contributed by atoms with Gasteiger partial charge in [-0.25, -0.2) is 0 Å². The molecule has 0 N–H and O–H groups in total. The van der Waals surface area contributed by atoms with E-state index < -0.39 is 22.8 Å². The average Bonchev–Trinajstić information content (AvgIpc) is 3.29. The third kappa shape index (κ3) is 5.76. The van der Waals surface area contributed by atoms with Gasteiger partial charge in [-0.1, -0.05) is 0 Å². The van der Waals surface area contributed by atoms with Crippen molar-refractivity contribution in [3.8, 4) is 11.1 Å². The SMILES string of the molecule is CC1=CCC(c2c(C(C)(C)C)ccc3c2[CH]([Zr+2]=[C]2CCCCC2)c2cc(C(C)(C)C)ccc2-3)=C1C.[Cl-].[Cl-]. The molecule has 2 aromatic rings. The van der Waals surface area contributed by atoms with Gasteiger partial charge in [-0.15, -0.1) is 0 Å². The first kappa shape index (κ1) is 30.8. The van der Waals surface area contributed by atoms with E-state index in [1.54, 1.807) is 27.8 Å². The third-order valence-electron chi connectivity index (χ3n) is 8.62. The first-order valence-electron chi connectivity index (χ1n) is 13.8. The van der Waals surface area contributed by atoms with Gasteiger partial charge in [0.25, 0.3) is 0 Å². The Morgan fingerprint density at radius 1 is 0.784 bits per heavy atom. The van der Waals surface area contributed by atoms with Crippen molar-refractivity contribution in [1.29, 1.82) is 0 Å². The van der Waals surface area contributed by atoms with Crippen LogP contribution in [-0.4, -0.2) is 3.21 Å². The fraction of sp³-hybridized carbons (Fsp3) is 0.500. The Balaban J connectivity index is 0.00000190. The van der Waals surface area contributed by atoms with Gasteiger partial charge >= 0.3 is 226 Å². The minimum Gasteiger partial charge on any atom is -1.00 e. The molecule has 197 valence electrons. The molecule has 3 aliphatic rings. The van der Waals surface area contributed by atoms with Crippen LogP contribution in [0.3, 0.4) is 0 Å². The summed E-state index contributed by atoms with van der Waals surface area (Å²) in [5.74, 6) is 0. The molecule has 0 radical (unpaired) electrons. The van der Waals surface area contributed by atoms with E-state index in [9.17, 15) is 0 Å². The Kier molecular flexibility index (Phi) is 9.48. The van der Waals surface area contributed by atoms with Crippen molar-refractivity contribution in [3.63, 3.8) is 0 Å². The number of halogens is 2. The zero-order chi connectivity index (χ0) is 25.1. The Morgan fingerprint density at radius 2 is 1.43 bits per heavy atom. The smallest absolute Gasteiger partial charge is 1.00 e. The van der Waals surface area contributed by atoms with Crippen LogP contribution in [0.2, 0.25) is 0 Å². The molecule has 0 spiro atoms. The predicted octanol–water partition coefficient (Wildman–Crippen LogP) is 3.70. The van der Waals surface area contributed by atoms with Crippen LogP contribution in [-0.2, 0) is 33.6 Å². The van der Waals surface area contributed by atoms with Crippen LogP contribution in [0.4, 0.5) is 0 Å². The third-order valence-corrected chi connectivity index (χ3v) is 13.0. The van der Waals surface area contributed by atoms with Crippen molar-refractivity contribution in [3.05, 3.63) is 75.4 Å². The first-order chi connectivity index (χ1) is 16.5. The summed E-state index contributed by atoms with van der Waals surface area (Å²) >= 11 is -0.760. The van der Waals surface area contributed by atoms with Crippen molar-refractivity contribution in [2.45, 2.75) is 108 Å². The van der Waals surface area contributed by atoms with Gasteiger partial charge in [0, 0.05) is 0 Å². The van der Waals surface area contributed by atoms with Crippen molar-refractivity contribution in [1.82, 2.24) is 0 Å². The van der Waals surface area contributed by atoms with Gasteiger partial charge in [-0.3, -0.25) is 0 Å². The van der Waals surface area contributed by atoms with Gasteiger partial charge in [0.1, 0.15) is 0 Å². The van der Waals surface area contributed by atoms with Crippen LogP contribution >= 0.6 is 0 Å². The number of fused-ring (bicyclic) bond motifs is 3. The second kappa shape index (κ2) is 11.4. The summed E-state index contributed by atoms with van der Waals surface area (Å²) in [4.78, 5) is 0. The number of hydrogen-bond donors (Lipinski definition) is 0. The Labute approximate surface area is 249 Å². The van der Waals surface area contributed by atoms with Gasteiger partial charge in [0.05, 0.1) is 0 Å². The monoisotopic (exact) mass is 611 g/mol. The Hall–Kier alpha value is -0.747. The number of rotatable bonds is 2.